The molecule has 1 fully saturated rings. The Balaban J connectivity index is 1.83. The minimum Gasteiger partial charge on any atom is -0.388 e. The van der Waals surface area contributed by atoms with Gasteiger partial charge in [0.25, 0.3) is 0 Å². The van der Waals surface area contributed by atoms with Crippen LogP contribution in [0.25, 0.3) is 0 Å². The van der Waals surface area contributed by atoms with Crippen molar-refractivity contribution in [1.82, 2.24) is 4.90 Å². The Kier molecular flexibility index (Phi) is 5.64. The first kappa shape index (κ1) is 14.8. The number of aliphatic hydroxyl groups is 1. The lowest BCUT2D eigenvalue weighted by molar-refractivity contribution is 0.0255. The lowest BCUT2D eigenvalue weighted by Crippen LogP contribution is -2.40. The van der Waals surface area contributed by atoms with Gasteiger partial charge >= 0.3 is 0 Å². The summed E-state index contributed by atoms with van der Waals surface area (Å²) in [6, 6.07) is 7.50. The highest BCUT2D eigenvalue weighted by Gasteiger charge is 2.20. The molecule has 0 amide bonds. The highest BCUT2D eigenvalue weighted by Crippen LogP contribution is 2.25. The van der Waals surface area contributed by atoms with Crippen LogP contribution in [0.5, 0.6) is 0 Å². The summed E-state index contributed by atoms with van der Waals surface area (Å²) in [6.45, 7) is 2.94. The van der Waals surface area contributed by atoms with Crippen molar-refractivity contribution in [3.63, 3.8) is 0 Å². The van der Waals surface area contributed by atoms with E-state index >= 15 is 0 Å². The van der Waals surface area contributed by atoms with Crippen LogP contribution >= 0.6 is 11.6 Å². The van der Waals surface area contributed by atoms with Gasteiger partial charge in [-0.05, 0) is 37.4 Å². The molecule has 1 aromatic carbocycles. The first-order chi connectivity index (χ1) is 9.20. The Hall–Kier alpha value is -0.610. The van der Waals surface area contributed by atoms with Gasteiger partial charge in [0.2, 0.25) is 0 Å². The number of likely N-dealkylation sites (tertiary alicyclic amines) is 1. The number of hydrogen-bond acceptors (Lipinski definition) is 3. The standard InChI is InChI=1S/C15H22ClNO2/c1-19-12-5-4-9-17(11-12)10-8-15(18)13-6-2-3-7-14(13)16/h2-3,6-7,12,15,18H,4-5,8-11H2,1H3. The van der Waals surface area contributed by atoms with Crippen LogP contribution in [0.1, 0.15) is 30.9 Å². The number of halogens is 1. The molecule has 0 aromatic heterocycles. The van der Waals surface area contributed by atoms with E-state index in [0.717, 1.165) is 31.6 Å². The van der Waals surface area contributed by atoms with Crippen molar-refractivity contribution >= 4 is 11.6 Å². The molecule has 0 aliphatic carbocycles. The molecule has 4 heteroatoms. The van der Waals surface area contributed by atoms with Gasteiger partial charge in [-0.3, -0.25) is 0 Å². The number of ether oxygens (including phenoxy) is 1. The van der Waals surface area contributed by atoms with Gasteiger partial charge in [-0.2, -0.15) is 0 Å². The van der Waals surface area contributed by atoms with Crippen molar-refractivity contribution < 1.29 is 9.84 Å². The predicted molar refractivity (Wildman–Crippen MR) is 77.5 cm³/mol. The first-order valence-corrected chi connectivity index (χ1v) is 7.26. The molecule has 2 rings (SSSR count). The number of hydrogen-bond donors (Lipinski definition) is 1. The quantitative estimate of drug-likeness (QED) is 0.902. The molecule has 106 valence electrons. The minimum absolute atomic E-state index is 0.339. The van der Waals surface area contributed by atoms with Crippen LogP contribution in [0.2, 0.25) is 5.02 Å². The summed E-state index contributed by atoms with van der Waals surface area (Å²) in [6.07, 6.45) is 2.86. The second-order valence-corrected chi connectivity index (χ2v) is 5.53. The summed E-state index contributed by atoms with van der Waals surface area (Å²) in [5, 5.41) is 10.9. The fraction of sp³-hybridized carbons (Fsp3) is 0.600. The van der Waals surface area contributed by atoms with Crippen molar-refractivity contribution in [3.8, 4) is 0 Å². The van der Waals surface area contributed by atoms with E-state index in [1.807, 2.05) is 24.3 Å². The predicted octanol–water partition coefficient (Wildman–Crippen LogP) is 2.87. The molecule has 1 aliphatic heterocycles. The molecule has 1 aliphatic rings. The molecule has 2 atom stereocenters. The van der Waals surface area contributed by atoms with Gasteiger partial charge in [-0.25, -0.2) is 0 Å². The second-order valence-electron chi connectivity index (χ2n) is 5.13. The maximum Gasteiger partial charge on any atom is 0.0816 e. The minimum atomic E-state index is -0.489. The largest absolute Gasteiger partial charge is 0.388 e. The summed E-state index contributed by atoms with van der Waals surface area (Å²) in [5.41, 5.74) is 0.824. The van der Waals surface area contributed by atoms with Crippen LogP contribution in [0.3, 0.4) is 0 Å². The lowest BCUT2D eigenvalue weighted by atomic mass is 10.0. The first-order valence-electron chi connectivity index (χ1n) is 6.88. The third-order valence-electron chi connectivity index (χ3n) is 3.78. The monoisotopic (exact) mass is 283 g/mol. The maximum atomic E-state index is 10.2. The number of piperidine rings is 1. The maximum absolute atomic E-state index is 10.2. The molecular formula is C15H22ClNO2. The molecule has 2 unspecified atom stereocenters. The summed E-state index contributed by atoms with van der Waals surface area (Å²) in [5.74, 6) is 0. The number of methoxy groups -OCH3 is 1. The average Bonchev–Trinajstić information content (AvgIpc) is 2.45. The van der Waals surface area contributed by atoms with E-state index in [0.29, 0.717) is 17.5 Å². The van der Waals surface area contributed by atoms with Gasteiger partial charge in [0, 0.05) is 25.2 Å². The summed E-state index contributed by atoms with van der Waals surface area (Å²) in [4.78, 5) is 2.36. The van der Waals surface area contributed by atoms with Crippen LogP contribution in [0.4, 0.5) is 0 Å². The van der Waals surface area contributed by atoms with E-state index in [-0.39, 0.29) is 0 Å². The molecule has 0 bridgehead atoms. The zero-order valence-electron chi connectivity index (χ0n) is 11.4. The fourth-order valence-corrected chi connectivity index (χ4v) is 2.88. The van der Waals surface area contributed by atoms with Gasteiger partial charge in [-0.1, -0.05) is 29.8 Å². The Morgan fingerprint density at radius 1 is 1.47 bits per heavy atom. The summed E-state index contributed by atoms with van der Waals surface area (Å²) >= 11 is 6.09. The average molecular weight is 284 g/mol. The lowest BCUT2D eigenvalue weighted by Gasteiger charge is -2.32. The fourth-order valence-electron chi connectivity index (χ4n) is 2.61. The molecule has 0 saturated carbocycles. The van der Waals surface area contributed by atoms with Gasteiger partial charge in [0.15, 0.2) is 0 Å². The highest BCUT2D eigenvalue weighted by molar-refractivity contribution is 6.31. The Morgan fingerprint density at radius 3 is 3.00 bits per heavy atom. The molecule has 3 nitrogen and oxygen atoms in total. The molecule has 0 radical (unpaired) electrons. The van der Waals surface area contributed by atoms with Crippen molar-refractivity contribution in [3.05, 3.63) is 34.9 Å². The topological polar surface area (TPSA) is 32.7 Å². The normalized spacial score (nSPS) is 22.4. The van der Waals surface area contributed by atoms with Crippen LogP contribution in [-0.2, 0) is 4.74 Å². The van der Waals surface area contributed by atoms with Crippen LogP contribution < -0.4 is 0 Å². The smallest absolute Gasteiger partial charge is 0.0816 e. The zero-order chi connectivity index (χ0) is 13.7. The molecule has 1 heterocycles. The van der Waals surface area contributed by atoms with Crippen molar-refractivity contribution in [2.75, 3.05) is 26.7 Å². The van der Waals surface area contributed by atoms with E-state index in [2.05, 4.69) is 4.90 Å². The summed E-state index contributed by atoms with van der Waals surface area (Å²) in [7, 11) is 1.77. The molecule has 1 N–H and O–H groups in total. The molecule has 19 heavy (non-hydrogen) atoms. The van der Waals surface area contributed by atoms with Gasteiger partial charge < -0.3 is 14.7 Å². The SMILES string of the molecule is COC1CCCN(CCC(O)c2ccccc2Cl)C1. The van der Waals surface area contributed by atoms with Crippen molar-refractivity contribution in [2.45, 2.75) is 31.5 Å². The van der Waals surface area contributed by atoms with E-state index in [1.54, 1.807) is 7.11 Å². The van der Waals surface area contributed by atoms with Gasteiger partial charge in [0.1, 0.15) is 0 Å². The molecule has 1 saturated heterocycles. The van der Waals surface area contributed by atoms with E-state index in [1.165, 1.54) is 6.42 Å². The molecular weight excluding hydrogens is 262 g/mol. The molecule has 0 spiro atoms. The zero-order valence-corrected chi connectivity index (χ0v) is 12.1. The Morgan fingerprint density at radius 2 is 2.26 bits per heavy atom. The number of nitrogens with zero attached hydrogens (tertiary/aromatic N) is 1. The van der Waals surface area contributed by atoms with Crippen molar-refractivity contribution in [2.24, 2.45) is 0 Å². The van der Waals surface area contributed by atoms with Crippen LogP contribution in [0, 0.1) is 0 Å². The van der Waals surface area contributed by atoms with Crippen LogP contribution in [-0.4, -0.2) is 42.9 Å². The number of benzene rings is 1. The Bertz CT molecular complexity index is 399. The van der Waals surface area contributed by atoms with Crippen molar-refractivity contribution in [1.29, 1.82) is 0 Å². The Labute approximate surface area is 120 Å². The summed E-state index contributed by atoms with van der Waals surface area (Å²) < 4.78 is 5.41. The van der Waals surface area contributed by atoms with Gasteiger partial charge in [-0.15, -0.1) is 0 Å². The van der Waals surface area contributed by atoms with E-state index in [9.17, 15) is 5.11 Å². The number of aliphatic hydroxyl groups excluding tert-OH is 1. The second kappa shape index (κ2) is 7.25. The van der Waals surface area contributed by atoms with Gasteiger partial charge in [0.05, 0.1) is 12.2 Å². The third kappa shape index (κ3) is 4.18. The van der Waals surface area contributed by atoms with E-state index < -0.39 is 6.10 Å². The highest BCUT2D eigenvalue weighted by atomic mass is 35.5. The third-order valence-corrected chi connectivity index (χ3v) is 4.12. The number of rotatable bonds is 5. The van der Waals surface area contributed by atoms with E-state index in [4.69, 9.17) is 16.3 Å². The molecule has 1 aromatic rings. The van der Waals surface area contributed by atoms with Crippen LogP contribution in [0.15, 0.2) is 24.3 Å².